The van der Waals surface area contributed by atoms with Gasteiger partial charge in [0.2, 0.25) is 0 Å². The van der Waals surface area contributed by atoms with Gasteiger partial charge in [-0.2, -0.15) is 0 Å². The maximum absolute atomic E-state index is 10.7. The highest BCUT2D eigenvalue weighted by Crippen LogP contribution is 2.44. The maximum atomic E-state index is 10.7. The summed E-state index contributed by atoms with van der Waals surface area (Å²) in [6, 6.07) is 3.83. The minimum Gasteiger partial charge on any atom is -0.386 e. The third-order valence-corrected chi connectivity index (χ3v) is 5.48. The van der Waals surface area contributed by atoms with Gasteiger partial charge in [-0.3, -0.25) is 4.98 Å². The number of pyridine rings is 1. The van der Waals surface area contributed by atoms with E-state index in [0.717, 1.165) is 42.5 Å². The van der Waals surface area contributed by atoms with Gasteiger partial charge < -0.3 is 9.84 Å². The predicted molar refractivity (Wildman–Crippen MR) is 81.4 cm³/mol. The summed E-state index contributed by atoms with van der Waals surface area (Å²) in [6.07, 6.45) is 9.30. The molecule has 0 radical (unpaired) electrons. The first-order valence-electron chi connectivity index (χ1n) is 7.63. The third kappa shape index (κ3) is 2.92. The molecule has 20 heavy (non-hydrogen) atoms. The van der Waals surface area contributed by atoms with Gasteiger partial charge in [0.05, 0.1) is 11.3 Å². The number of hydrogen-bond acceptors (Lipinski definition) is 3. The fourth-order valence-electron chi connectivity index (χ4n) is 3.72. The molecular weight excluding hydrogens is 318 g/mol. The summed E-state index contributed by atoms with van der Waals surface area (Å²) in [7, 11) is 0. The fraction of sp³-hybridized carbons (Fsp3) is 0.688. The van der Waals surface area contributed by atoms with E-state index in [2.05, 4.69) is 20.9 Å². The molecule has 4 heteroatoms. The lowest BCUT2D eigenvalue weighted by atomic mass is 9.74. The minimum absolute atomic E-state index is 0.0312. The number of hydrogen-bond donors (Lipinski definition) is 1. The summed E-state index contributed by atoms with van der Waals surface area (Å²) in [4.78, 5) is 4.35. The second kappa shape index (κ2) is 6.12. The van der Waals surface area contributed by atoms with Crippen LogP contribution < -0.4 is 0 Å². The average Bonchev–Trinajstić information content (AvgIpc) is 2.48. The summed E-state index contributed by atoms with van der Waals surface area (Å²) in [6.45, 7) is 0.770. The van der Waals surface area contributed by atoms with Crippen LogP contribution in [-0.2, 0) is 4.74 Å². The highest BCUT2D eigenvalue weighted by atomic mass is 79.9. The Balaban J connectivity index is 1.75. The van der Waals surface area contributed by atoms with Gasteiger partial charge in [0, 0.05) is 17.3 Å². The van der Waals surface area contributed by atoms with E-state index >= 15 is 0 Å². The normalized spacial score (nSPS) is 27.4. The van der Waals surface area contributed by atoms with Crippen molar-refractivity contribution in [2.45, 2.75) is 56.7 Å². The van der Waals surface area contributed by atoms with Crippen molar-refractivity contribution >= 4 is 15.9 Å². The molecule has 1 N–H and O–H groups in total. The molecule has 2 fully saturated rings. The first kappa shape index (κ1) is 14.5. The van der Waals surface area contributed by atoms with Gasteiger partial charge in [-0.05, 0) is 59.7 Å². The first-order chi connectivity index (χ1) is 9.70. The van der Waals surface area contributed by atoms with Crippen molar-refractivity contribution in [2.75, 3.05) is 6.61 Å². The Kier molecular flexibility index (Phi) is 4.43. The van der Waals surface area contributed by atoms with Crippen LogP contribution in [0.25, 0.3) is 0 Å². The number of aliphatic hydroxyl groups is 1. The Hall–Kier alpha value is -0.450. The van der Waals surface area contributed by atoms with E-state index in [9.17, 15) is 5.11 Å². The molecule has 110 valence electrons. The lowest BCUT2D eigenvalue weighted by molar-refractivity contribution is -0.134. The Morgan fingerprint density at radius 1 is 1.35 bits per heavy atom. The van der Waals surface area contributed by atoms with Crippen molar-refractivity contribution in [3.05, 3.63) is 28.5 Å². The van der Waals surface area contributed by atoms with Gasteiger partial charge >= 0.3 is 0 Å². The Bertz CT molecular complexity index is 454. The number of aromatic nitrogens is 1. The molecule has 2 unspecified atom stereocenters. The number of nitrogens with zero attached hydrogens (tertiary/aromatic N) is 1. The van der Waals surface area contributed by atoms with Crippen LogP contribution in [0.5, 0.6) is 0 Å². The molecule has 0 amide bonds. The Morgan fingerprint density at radius 3 is 2.90 bits per heavy atom. The monoisotopic (exact) mass is 339 g/mol. The lowest BCUT2D eigenvalue weighted by Gasteiger charge is -2.44. The van der Waals surface area contributed by atoms with Crippen LogP contribution in [0.2, 0.25) is 0 Å². The van der Waals surface area contributed by atoms with E-state index < -0.39 is 6.10 Å². The average molecular weight is 340 g/mol. The molecule has 0 aromatic carbocycles. The van der Waals surface area contributed by atoms with Gasteiger partial charge in [0.15, 0.2) is 0 Å². The van der Waals surface area contributed by atoms with E-state index in [4.69, 9.17) is 4.74 Å². The zero-order chi connectivity index (χ0) is 14.0. The van der Waals surface area contributed by atoms with Crippen LogP contribution >= 0.6 is 15.9 Å². The van der Waals surface area contributed by atoms with Crippen LogP contribution in [-0.4, -0.2) is 22.3 Å². The van der Waals surface area contributed by atoms with E-state index in [1.54, 1.807) is 6.20 Å². The predicted octanol–water partition coefficient (Wildman–Crippen LogP) is 4.01. The molecule has 1 aromatic rings. The molecule has 2 aliphatic rings. The first-order valence-corrected chi connectivity index (χ1v) is 8.42. The topological polar surface area (TPSA) is 42.4 Å². The lowest BCUT2D eigenvalue weighted by Crippen LogP contribution is -2.43. The van der Waals surface area contributed by atoms with Crippen LogP contribution in [0.1, 0.15) is 56.7 Å². The molecule has 2 heterocycles. The van der Waals surface area contributed by atoms with Crippen LogP contribution in [0.15, 0.2) is 22.8 Å². The summed E-state index contributed by atoms with van der Waals surface area (Å²) in [5, 5.41) is 10.7. The second-order valence-electron chi connectivity index (χ2n) is 6.16. The molecule has 1 aliphatic heterocycles. The standard InChI is InChI=1S/C16H22BrNO2/c17-13-5-4-9-18-14(13)15(19)12-6-10-20-16(11-12)7-2-1-3-8-16/h4-5,9,12,15,19H,1-3,6-8,10-11H2. The zero-order valence-corrected chi connectivity index (χ0v) is 13.3. The van der Waals surface area contributed by atoms with Crippen molar-refractivity contribution in [3.63, 3.8) is 0 Å². The molecule has 2 atom stereocenters. The van der Waals surface area contributed by atoms with Gasteiger partial charge in [-0.15, -0.1) is 0 Å². The Morgan fingerprint density at radius 2 is 2.15 bits per heavy atom. The van der Waals surface area contributed by atoms with Crippen molar-refractivity contribution in [1.29, 1.82) is 0 Å². The van der Waals surface area contributed by atoms with Crippen LogP contribution in [0.3, 0.4) is 0 Å². The van der Waals surface area contributed by atoms with Crippen molar-refractivity contribution in [2.24, 2.45) is 5.92 Å². The van der Waals surface area contributed by atoms with E-state index in [1.807, 2.05) is 12.1 Å². The molecule has 1 aromatic heterocycles. The highest BCUT2D eigenvalue weighted by molar-refractivity contribution is 9.10. The fourth-order valence-corrected chi connectivity index (χ4v) is 4.21. The van der Waals surface area contributed by atoms with Crippen LogP contribution in [0.4, 0.5) is 0 Å². The maximum Gasteiger partial charge on any atom is 0.100 e. The quantitative estimate of drug-likeness (QED) is 0.885. The number of aliphatic hydroxyl groups excluding tert-OH is 1. The van der Waals surface area contributed by atoms with Gasteiger partial charge in [-0.1, -0.05) is 19.3 Å². The highest BCUT2D eigenvalue weighted by Gasteiger charge is 2.41. The SMILES string of the molecule is OC(c1ncccc1Br)C1CCOC2(CCCCC2)C1. The molecule has 3 nitrogen and oxygen atoms in total. The molecule has 1 saturated heterocycles. The summed E-state index contributed by atoms with van der Waals surface area (Å²) >= 11 is 3.50. The van der Waals surface area contributed by atoms with E-state index in [0.29, 0.717) is 0 Å². The van der Waals surface area contributed by atoms with E-state index in [-0.39, 0.29) is 11.5 Å². The van der Waals surface area contributed by atoms with Crippen molar-refractivity contribution < 1.29 is 9.84 Å². The molecule has 1 spiro atoms. The largest absolute Gasteiger partial charge is 0.386 e. The number of halogens is 1. The second-order valence-corrected chi connectivity index (χ2v) is 7.01. The van der Waals surface area contributed by atoms with Gasteiger partial charge in [0.1, 0.15) is 6.10 Å². The van der Waals surface area contributed by atoms with Crippen molar-refractivity contribution in [3.8, 4) is 0 Å². The van der Waals surface area contributed by atoms with E-state index in [1.165, 1.54) is 19.3 Å². The smallest absolute Gasteiger partial charge is 0.100 e. The summed E-state index contributed by atoms with van der Waals surface area (Å²) in [5.41, 5.74) is 0.800. The molecule has 0 bridgehead atoms. The third-order valence-electron chi connectivity index (χ3n) is 4.81. The Labute approximate surface area is 128 Å². The zero-order valence-electron chi connectivity index (χ0n) is 11.7. The molecule has 1 saturated carbocycles. The number of ether oxygens (including phenoxy) is 1. The molecule has 3 rings (SSSR count). The summed E-state index contributed by atoms with van der Waals surface area (Å²) < 4.78 is 7.01. The van der Waals surface area contributed by atoms with Gasteiger partial charge in [0.25, 0.3) is 0 Å². The summed E-state index contributed by atoms with van der Waals surface area (Å²) in [5.74, 6) is 0.257. The minimum atomic E-state index is -0.492. The number of rotatable bonds is 2. The molecular formula is C16H22BrNO2. The molecule has 1 aliphatic carbocycles. The van der Waals surface area contributed by atoms with Gasteiger partial charge in [-0.25, -0.2) is 0 Å². The van der Waals surface area contributed by atoms with Crippen LogP contribution in [0, 0.1) is 5.92 Å². The van der Waals surface area contributed by atoms with Crippen molar-refractivity contribution in [1.82, 2.24) is 4.98 Å².